The van der Waals surface area contributed by atoms with Gasteiger partial charge in [0.1, 0.15) is 5.82 Å². The van der Waals surface area contributed by atoms with Crippen LogP contribution in [0.25, 0.3) is 0 Å². The summed E-state index contributed by atoms with van der Waals surface area (Å²) in [4.78, 5) is 0. The van der Waals surface area contributed by atoms with Crippen molar-refractivity contribution in [2.24, 2.45) is 5.73 Å². The van der Waals surface area contributed by atoms with Gasteiger partial charge in [0.15, 0.2) is 0 Å². The molecule has 2 rings (SSSR count). The van der Waals surface area contributed by atoms with Crippen molar-refractivity contribution in [3.63, 3.8) is 0 Å². The molecule has 3 heteroatoms. The predicted octanol–water partition coefficient (Wildman–Crippen LogP) is 2.77. The zero-order chi connectivity index (χ0) is 9.42. The van der Waals surface area contributed by atoms with Crippen LogP contribution in [0.3, 0.4) is 0 Å². The lowest BCUT2D eigenvalue weighted by Gasteiger charge is -2.23. The SMILES string of the molecule is N[C@@H]1CCCc2c(I)cc(F)cc21. The van der Waals surface area contributed by atoms with Gasteiger partial charge in [0.05, 0.1) is 0 Å². The molecule has 0 unspecified atom stereocenters. The van der Waals surface area contributed by atoms with Gasteiger partial charge >= 0.3 is 0 Å². The topological polar surface area (TPSA) is 26.0 Å². The Bertz CT molecular complexity index is 338. The molecule has 1 aromatic rings. The van der Waals surface area contributed by atoms with Crippen LogP contribution in [0.4, 0.5) is 4.39 Å². The molecule has 2 N–H and O–H groups in total. The molecule has 0 saturated heterocycles. The predicted molar refractivity (Wildman–Crippen MR) is 59.0 cm³/mol. The second-order valence-corrected chi connectivity index (χ2v) is 4.62. The van der Waals surface area contributed by atoms with Gasteiger partial charge in [0.25, 0.3) is 0 Å². The van der Waals surface area contributed by atoms with Crippen molar-refractivity contribution in [3.8, 4) is 0 Å². The molecule has 0 saturated carbocycles. The summed E-state index contributed by atoms with van der Waals surface area (Å²) in [5, 5.41) is 0. The average molecular weight is 291 g/mol. The monoisotopic (exact) mass is 291 g/mol. The molecule has 1 atom stereocenters. The van der Waals surface area contributed by atoms with Crippen LogP contribution in [-0.2, 0) is 6.42 Å². The number of rotatable bonds is 0. The summed E-state index contributed by atoms with van der Waals surface area (Å²) in [7, 11) is 0. The smallest absolute Gasteiger partial charge is 0.124 e. The van der Waals surface area contributed by atoms with E-state index in [1.54, 1.807) is 12.1 Å². The van der Waals surface area contributed by atoms with E-state index < -0.39 is 0 Å². The van der Waals surface area contributed by atoms with Gasteiger partial charge in [-0.1, -0.05) is 0 Å². The summed E-state index contributed by atoms with van der Waals surface area (Å²) in [6.07, 6.45) is 3.14. The minimum atomic E-state index is -0.166. The van der Waals surface area contributed by atoms with Crippen LogP contribution in [-0.4, -0.2) is 0 Å². The van der Waals surface area contributed by atoms with Crippen molar-refractivity contribution in [1.29, 1.82) is 0 Å². The standard InChI is InChI=1S/C10H11FIN/c11-6-4-8-7(9(12)5-6)2-1-3-10(8)13/h4-5,10H,1-3,13H2/t10-/m1/s1. The van der Waals surface area contributed by atoms with Gasteiger partial charge in [-0.2, -0.15) is 0 Å². The van der Waals surface area contributed by atoms with Gasteiger partial charge in [-0.05, 0) is 65.1 Å². The summed E-state index contributed by atoms with van der Waals surface area (Å²) < 4.78 is 14.1. The van der Waals surface area contributed by atoms with Crippen molar-refractivity contribution in [2.45, 2.75) is 25.3 Å². The van der Waals surface area contributed by atoms with Crippen molar-refractivity contribution in [3.05, 3.63) is 32.6 Å². The molecular weight excluding hydrogens is 280 g/mol. The summed E-state index contributed by atoms with van der Waals surface area (Å²) in [6, 6.07) is 3.20. The maximum Gasteiger partial charge on any atom is 0.124 e. The zero-order valence-corrected chi connectivity index (χ0v) is 9.34. The first-order valence-corrected chi connectivity index (χ1v) is 5.50. The first-order chi connectivity index (χ1) is 6.18. The largest absolute Gasteiger partial charge is 0.324 e. The Hall–Kier alpha value is -0.160. The Labute approximate surface area is 90.7 Å². The fraction of sp³-hybridized carbons (Fsp3) is 0.400. The highest BCUT2D eigenvalue weighted by Gasteiger charge is 2.19. The highest BCUT2D eigenvalue weighted by Crippen LogP contribution is 2.31. The molecule has 1 nitrogen and oxygen atoms in total. The van der Waals surface area contributed by atoms with Gasteiger partial charge in [0, 0.05) is 9.61 Å². The molecule has 70 valence electrons. The van der Waals surface area contributed by atoms with Gasteiger partial charge in [-0.25, -0.2) is 4.39 Å². The molecule has 0 fully saturated rings. The maximum absolute atomic E-state index is 13.1. The van der Waals surface area contributed by atoms with Crippen LogP contribution in [0.1, 0.15) is 30.0 Å². The molecule has 0 aromatic heterocycles. The minimum Gasteiger partial charge on any atom is -0.324 e. The molecule has 0 radical (unpaired) electrons. The van der Waals surface area contributed by atoms with Crippen molar-refractivity contribution in [1.82, 2.24) is 0 Å². The van der Waals surface area contributed by atoms with Crippen molar-refractivity contribution in [2.75, 3.05) is 0 Å². The highest BCUT2D eigenvalue weighted by atomic mass is 127. The molecule has 0 amide bonds. The molecule has 1 aromatic carbocycles. The van der Waals surface area contributed by atoms with Crippen molar-refractivity contribution >= 4 is 22.6 Å². The lowest BCUT2D eigenvalue weighted by atomic mass is 9.88. The summed E-state index contributed by atoms with van der Waals surface area (Å²) in [5.74, 6) is -0.166. The van der Waals surface area contributed by atoms with E-state index in [1.165, 1.54) is 5.56 Å². The van der Waals surface area contributed by atoms with E-state index >= 15 is 0 Å². The Morgan fingerprint density at radius 2 is 2.23 bits per heavy atom. The Balaban J connectivity index is 2.56. The minimum absolute atomic E-state index is 0.0352. The number of hydrogen-bond donors (Lipinski definition) is 1. The Morgan fingerprint density at radius 1 is 1.46 bits per heavy atom. The van der Waals surface area contributed by atoms with E-state index in [4.69, 9.17) is 5.73 Å². The lowest BCUT2D eigenvalue weighted by Crippen LogP contribution is -2.18. The van der Waals surface area contributed by atoms with Gasteiger partial charge in [-0.15, -0.1) is 0 Å². The van der Waals surface area contributed by atoms with Crippen LogP contribution in [0.5, 0.6) is 0 Å². The van der Waals surface area contributed by atoms with Crippen molar-refractivity contribution < 1.29 is 4.39 Å². The third-order valence-corrected chi connectivity index (χ3v) is 3.50. The first kappa shape index (κ1) is 9.40. The Kier molecular flexibility index (Phi) is 2.55. The molecule has 1 aliphatic rings. The van der Waals surface area contributed by atoms with Crippen LogP contribution < -0.4 is 5.73 Å². The molecule has 0 heterocycles. The molecular formula is C10H11FIN. The van der Waals surface area contributed by atoms with E-state index in [9.17, 15) is 4.39 Å². The van der Waals surface area contributed by atoms with Gasteiger partial charge < -0.3 is 5.73 Å². The van der Waals surface area contributed by atoms with E-state index in [2.05, 4.69) is 22.6 Å². The third-order valence-electron chi connectivity index (χ3n) is 2.54. The van der Waals surface area contributed by atoms with E-state index in [1.807, 2.05) is 0 Å². The third kappa shape index (κ3) is 1.72. The maximum atomic E-state index is 13.1. The summed E-state index contributed by atoms with van der Waals surface area (Å²) >= 11 is 2.18. The number of halogens is 2. The normalized spacial score (nSPS) is 21.3. The van der Waals surface area contributed by atoms with Crippen LogP contribution in [0, 0.1) is 9.39 Å². The molecule has 0 aliphatic heterocycles. The number of fused-ring (bicyclic) bond motifs is 1. The quantitative estimate of drug-likeness (QED) is 0.731. The fourth-order valence-electron chi connectivity index (χ4n) is 1.87. The second kappa shape index (κ2) is 3.53. The Morgan fingerprint density at radius 3 is 3.00 bits per heavy atom. The molecule has 1 aliphatic carbocycles. The molecule has 13 heavy (non-hydrogen) atoms. The highest BCUT2D eigenvalue weighted by molar-refractivity contribution is 14.1. The zero-order valence-electron chi connectivity index (χ0n) is 7.19. The molecule has 0 bridgehead atoms. The van der Waals surface area contributed by atoms with Gasteiger partial charge in [-0.3, -0.25) is 0 Å². The number of benzene rings is 1. The van der Waals surface area contributed by atoms with E-state index in [0.29, 0.717) is 0 Å². The van der Waals surface area contributed by atoms with Crippen LogP contribution in [0.15, 0.2) is 12.1 Å². The lowest BCUT2D eigenvalue weighted by molar-refractivity contribution is 0.555. The summed E-state index contributed by atoms with van der Waals surface area (Å²) in [5.41, 5.74) is 8.17. The average Bonchev–Trinajstić information content (AvgIpc) is 2.07. The fourth-order valence-corrected chi connectivity index (χ4v) is 2.75. The van der Waals surface area contributed by atoms with Crippen LogP contribution in [0.2, 0.25) is 0 Å². The number of nitrogens with two attached hydrogens (primary N) is 1. The first-order valence-electron chi connectivity index (χ1n) is 4.42. The van der Waals surface area contributed by atoms with Gasteiger partial charge in [0.2, 0.25) is 0 Å². The van der Waals surface area contributed by atoms with Crippen LogP contribution >= 0.6 is 22.6 Å². The summed E-state index contributed by atoms with van der Waals surface area (Å²) in [6.45, 7) is 0. The second-order valence-electron chi connectivity index (χ2n) is 3.45. The molecule has 0 spiro atoms. The number of hydrogen-bond acceptors (Lipinski definition) is 1. The van der Waals surface area contributed by atoms with E-state index in [-0.39, 0.29) is 11.9 Å². The van der Waals surface area contributed by atoms with E-state index in [0.717, 1.165) is 28.4 Å².